The van der Waals surface area contributed by atoms with Crippen LogP contribution in [0.3, 0.4) is 0 Å². The maximum Gasteiger partial charge on any atom is 0.0385 e. The smallest absolute Gasteiger partial charge is 0.0385 e. The molecule has 0 aromatic heterocycles. The van der Waals surface area contributed by atoms with Gasteiger partial charge in [0.1, 0.15) is 0 Å². The first-order valence-electron chi connectivity index (χ1n) is 10.0. The normalized spacial score (nSPS) is 11.9. The highest BCUT2D eigenvalue weighted by molar-refractivity contribution is 5.56. The van der Waals surface area contributed by atoms with Gasteiger partial charge in [-0.1, -0.05) is 83.8 Å². The van der Waals surface area contributed by atoms with E-state index >= 15 is 0 Å². The summed E-state index contributed by atoms with van der Waals surface area (Å²) in [6.45, 7) is 5.46. The molecule has 0 aliphatic rings. The summed E-state index contributed by atoms with van der Waals surface area (Å²) in [6, 6.07) is 0. The Morgan fingerprint density at radius 3 is 1.64 bits per heavy atom. The fraction of sp³-hybridized carbons (Fsp3) is 0.857. The van der Waals surface area contributed by atoms with Gasteiger partial charge in [-0.3, -0.25) is 4.99 Å². The average Bonchev–Trinajstić information content (AvgIpc) is 2.54. The topological polar surface area (TPSA) is 12.4 Å². The van der Waals surface area contributed by atoms with E-state index in [2.05, 4.69) is 31.0 Å². The Balaban J connectivity index is 3.06. The summed E-state index contributed by atoms with van der Waals surface area (Å²) >= 11 is 0. The van der Waals surface area contributed by atoms with Crippen molar-refractivity contribution in [1.29, 1.82) is 0 Å². The molecule has 0 aliphatic heterocycles. The summed E-state index contributed by atoms with van der Waals surface area (Å²) in [5.74, 6) is 0. The molecule has 0 aromatic carbocycles. The second-order valence-electron chi connectivity index (χ2n) is 6.43. The highest BCUT2D eigenvalue weighted by atomic mass is 14.7. The third-order valence-electron chi connectivity index (χ3n) is 4.11. The van der Waals surface area contributed by atoms with Gasteiger partial charge in [0.05, 0.1) is 0 Å². The minimum atomic E-state index is 1.04. The monoisotopic (exact) mass is 307 g/mol. The molecule has 0 atom stereocenters. The number of rotatable bonds is 17. The van der Waals surface area contributed by atoms with E-state index in [1.165, 1.54) is 89.9 Å². The molecule has 0 aliphatic carbocycles. The summed E-state index contributed by atoms with van der Waals surface area (Å²) in [6.07, 6.45) is 27.2. The zero-order chi connectivity index (χ0) is 16.1. The van der Waals surface area contributed by atoms with Crippen molar-refractivity contribution in [2.24, 2.45) is 4.99 Å². The molecule has 0 rings (SSSR count). The molecule has 0 saturated heterocycles. The SMILES string of the molecule is CCC=NCCCCCCCCC=CCCCCCCCC. The van der Waals surface area contributed by atoms with Crippen molar-refractivity contribution in [3.63, 3.8) is 0 Å². The molecule has 0 saturated carbocycles. The summed E-state index contributed by atoms with van der Waals surface area (Å²) in [4.78, 5) is 4.36. The van der Waals surface area contributed by atoms with Crippen LogP contribution in [0.5, 0.6) is 0 Å². The lowest BCUT2D eigenvalue weighted by atomic mass is 10.1. The van der Waals surface area contributed by atoms with Crippen molar-refractivity contribution < 1.29 is 0 Å². The largest absolute Gasteiger partial charge is 0.298 e. The first kappa shape index (κ1) is 21.4. The van der Waals surface area contributed by atoms with Crippen molar-refractivity contribution in [2.75, 3.05) is 6.54 Å². The number of allylic oxidation sites excluding steroid dienone is 2. The molecule has 0 heterocycles. The lowest BCUT2D eigenvalue weighted by Crippen LogP contribution is -1.84. The second-order valence-corrected chi connectivity index (χ2v) is 6.43. The Labute approximate surface area is 140 Å². The van der Waals surface area contributed by atoms with Gasteiger partial charge in [-0.05, 0) is 44.7 Å². The number of hydrogen-bond donors (Lipinski definition) is 0. The van der Waals surface area contributed by atoms with Crippen LogP contribution in [0.15, 0.2) is 17.1 Å². The molecule has 1 nitrogen and oxygen atoms in total. The second kappa shape index (κ2) is 20.4. The van der Waals surface area contributed by atoms with Crippen LogP contribution < -0.4 is 0 Å². The predicted molar refractivity (Wildman–Crippen MR) is 103 cm³/mol. The molecule has 0 amide bonds. The average molecular weight is 308 g/mol. The number of nitrogens with zero attached hydrogens (tertiary/aromatic N) is 1. The van der Waals surface area contributed by atoms with Crippen LogP contribution >= 0.6 is 0 Å². The van der Waals surface area contributed by atoms with E-state index < -0.39 is 0 Å². The molecule has 0 N–H and O–H groups in total. The van der Waals surface area contributed by atoms with Crippen molar-refractivity contribution in [3.05, 3.63) is 12.2 Å². The van der Waals surface area contributed by atoms with Crippen LogP contribution in [0.25, 0.3) is 0 Å². The van der Waals surface area contributed by atoms with Gasteiger partial charge in [0.2, 0.25) is 0 Å². The number of hydrogen-bond acceptors (Lipinski definition) is 1. The van der Waals surface area contributed by atoms with Gasteiger partial charge in [-0.15, -0.1) is 0 Å². The van der Waals surface area contributed by atoms with Crippen LogP contribution in [0.4, 0.5) is 0 Å². The molecule has 0 bridgehead atoms. The van der Waals surface area contributed by atoms with Gasteiger partial charge in [0, 0.05) is 6.54 Å². The zero-order valence-corrected chi connectivity index (χ0v) is 15.5. The first-order chi connectivity index (χ1) is 10.9. The van der Waals surface area contributed by atoms with Gasteiger partial charge >= 0.3 is 0 Å². The van der Waals surface area contributed by atoms with Crippen molar-refractivity contribution in [1.82, 2.24) is 0 Å². The Hall–Kier alpha value is -0.590. The van der Waals surface area contributed by atoms with E-state index in [0.29, 0.717) is 0 Å². The lowest BCUT2D eigenvalue weighted by molar-refractivity contribution is 0.599. The summed E-state index contributed by atoms with van der Waals surface area (Å²) in [5, 5.41) is 0. The van der Waals surface area contributed by atoms with Crippen LogP contribution in [0.2, 0.25) is 0 Å². The molecule has 0 radical (unpaired) electrons. The van der Waals surface area contributed by atoms with Crippen LogP contribution in [0.1, 0.15) is 110 Å². The summed E-state index contributed by atoms with van der Waals surface area (Å²) in [5.41, 5.74) is 0. The van der Waals surface area contributed by atoms with Crippen molar-refractivity contribution in [2.45, 2.75) is 110 Å². The van der Waals surface area contributed by atoms with Gasteiger partial charge in [-0.25, -0.2) is 0 Å². The van der Waals surface area contributed by atoms with Crippen LogP contribution in [-0.2, 0) is 0 Å². The molecule has 0 fully saturated rings. The molecule has 130 valence electrons. The first-order valence-corrected chi connectivity index (χ1v) is 10.0. The molecule has 22 heavy (non-hydrogen) atoms. The van der Waals surface area contributed by atoms with Gasteiger partial charge < -0.3 is 0 Å². The molecular weight excluding hydrogens is 266 g/mol. The minimum absolute atomic E-state index is 1.04. The van der Waals surface area contributed by atoms with Crippen LogP contribution in [0, 0.1) is 0 Å². The fourth-order valence-corrected chi connectivity index (χ4v) is 2.67. The Kier molecular flexibility index (Phi) is 19.9. The van der Waals surface area contributed by atoms with E-state index in [1.807, 2.05) is 6.21 Å². The lowest BCUT2D eigenvalue weighted by Gasteiger charge is -1.99. The predicted octanol–water partition coefficient (Wildman–Crippen LogP) is 7.50. The molecule has 0 aromatic rings. The van der Waals surface area contributed by atoms with E-state index in [0.717, 1.165) is 13.0 Å². The molecule has 1 heteroatoms. The van der Waals surface area contributed by atoms with E-state index in [9.17, 15) is 0 Å². The number of aliphatic imine (C=N–C) groups is 1. The standard InChI is InChI=1S/C21H41N/c1-3-5-6-7-8-9-10-11-12-13-14-15-16-17-18-19-21-22-20-4-2/h11-12,20H,3-10,13-19,21H2,1-2H3. The van der Waals surface area contributed by atoms with E-state index in [1.54, 1.807) is 0 Å². The fourth-order valence-electron chi connectivity index (χ4n) is 2.67. The molecular formula is C21H41N. The summed E-state index contributed by atoms with van der Waals surface area (Å²) in [7, 11) is 0. The maximum atomic E-state index is 4.36. The van der Waals surface area contributed by atoms with Crippen molar-refractivity contribution in [3.8, 4) is 0 Å². The molecule has 0 spiro atoms. The summed E-state index contributed by atoms with van der Waals surface area (Å²) < 4.78 is 0. The van der Waals surface area contributed by atoms with Gasteiger partial charge in [-0.2, -0.15) is 0 Å². The Morgan fingerprint density at radius 1 is 0.591 bits per heavy atom. The Bertz CT molecular complexity index is 242. The highest BCUT2D eigenvalue weighted by Crippen LogP contribution is 2.09. The van der Waals surface area contributed by atoms with Crippen LogP contribution in [-0.4, -0.2) is 12.8 Å². The van der Waals surface area contributed by atoms with E-state index in [4.69, 9.17) is 0 Å². The third-order valence-corrected chi connectivity index (χ3v) is 4.11. The Morgan fingerprint density at radius 2 is 1.09 bits per heavy atom. The molecule has 0 unspecified atom stereocenters. The third kappa shape index (κ3) is 19.4. The zero-order valence-electron chi connectivity index (χ0n) is 15.5. The maximum absolute atomic E-state index is 4.36. The van der Waals surface area contributed by atoms with Gasteiger partial charge in [0.15, 0.2) is 0 Å². The van der Waals surface area contributed by atoms with Gasteiger partial charge in [0.25, 0.3) is 0 Å². The number of unbranched alkanes of at least 4 members (excludes halogenated alkanes) is 12. The highest BCUT2D eigenvalue weighted by Gasteiger charge is 1.91. The minimum Gasteiger partial charge on any atom is -0.298 e. The van der Waals surface area contributed by atoms with Crippen molar-refractivity contribution >= 4 is 6.21 Å². The quantitative estimate of drug-likeness (QED) is 0.150. The van der Waals surface area contributed by atoms with E-state index in [-0.39, 0.29) is 0 Å².